The number of carbonyl (C=O) groups excluding carboxylic acids is 1. The lowest BCUT2D eigenvalue weighted by molar-refractivity contribution is 0.102. The predicted molar refractivity (Wildman–Crippen MR) is 89.3 cm³/mol. The molecule has 1 N–H and O–H groups in total. The normalized spacial score (nSPS) is 10.3. The Labute approximate surface area is 143 Å². The molecule has 126 valence electrons. The van der Waals surface area contributed by atoms with Gasteiger partial charge in [0.15, 0.2) is 0 Å². The topological polar surface area (TPSA) is 51.2 Å². The zero-order valence-electron chi connectivity index (χ0n) is 13.1. The Morgan fingerprint density at radius 3 is 2.72 bits per heavy atom. The van der Waals surface area contributed by atoms with Gasteiger partial charge < -0.3 is 10.1 Å². The van der Waals surface area contributed by atoms with Gasteiger partial charge in [-0.2, -0.15) is 0 Å². The molecule has 0 fully saturated rings. The molecule has 6 heteroatoms. The molecule has 2 aromatic carbocycles. The van der Waals surface area contributed by atoms with E-state index in [9.17, 15) is 13.6 Å². The van der Waals surface area contributed by atoms with E-state index in [4.69, 9.17) is 4.74 Å². The molecular formula is C19H14F2N2O2. The van der Waals surface area contributed by atoms with E-state index in [0.717, 1.165) is 6.07 Å². The molecule has 0 saturated heterocycles. The van der Waals surface area contributed by atoms with Gasteiger partial charge in [0.05, 0.1) is 6.20 Å². The summed E-state index contributed by atoms with van der Waals surface area (Å²) in [6.07, 6.45) is 3.13. The number of ether oxygens (including phenoxy) is 1. The second-order valence-corrected chi connectivity index (χ2v) is 5.25. The molecule has 0 bridgehead atoms. The number of amides is 1. The van der Waals surface area contributed by atoms with Crippen molar-refractivity contribution in [2.75, 3.05) is 5.32 Å². The average molecular weight is 340 g/mol. The van der Waals surface area contributed by atoms with E-state index < -0.39 is 17.5 Å². The van der Waals surface area contributed by atoms with Crippen molar-refractivity contribution in [3.63, 3.8) is 0 Å². The second-order valence-electron chi connectivity index (χ2n) is 5.25. The Kier molecular flexibility index (Phi) is 4.99. The van der Waals surface area contributed by atoms with E-state index in [2.05, 4.69) is 10.3 Å². The summed E-state index contributed by atoms with van der Waals surface area (Å²) in [5.74, 6) is -0.925. The zero-order chi connectivity index (χ0) is 17.6. The second kappa shape index (κ2) is 7.53. The van der Waals surface area contributed by atoms with Gasteiger partial charge in [0, 0.05) is 23.0 Å². The number of hydrogen-bond donors (Lipinski definition) is 1. The molecule has 0 atom stereocenters. The minimum absolute atomic E-state index is 0.0127. The third-order valence-corrected chi connectivity index (χ3v) is 3.42. The molecule has 4 nitrogen and oxygen atoms in total. The molecule has 0 saturated carbocycles. The van der Waals surface area contributed by atoms with Crippen molar-refractivity contribution in [3.8, 4) is 5.75 Å². The molecule has 1 heterocycles. The van der Waals surface area contributed by atoms with Crippen LogP contribution in [0.15, 0.2) is 67.0 Å². The molecular weight excluding hydrogens is 326 g/mol. The van der Waals surface area contributed by atoms with Gasteiger partial charge in [0.25, 0.3) is 5.91 Å². The summed E-state index contributed by atoms with van der Waals surface area (Å²) in [6, 6.07) is 12.9. The van der Waals surface area contributed by atoms with Crippen LogP contribution in [0.3, 0.4) is 0 Å². The number of nitrogens with one attached hydrogen (secondary N) is 1. The Balaban J connectivity index is 1.71. The Bertz CT molecular complexity index is 886. The lowest BCUT2D eigenvalue weighted by Gasteiger charge is -2.10. The number of nitrogens with zero attached hydrogens (tertiary/aromatic N) is 1. The van der Waals surface area contributed by atoms with Crippen molar-refractivity contribution < 1.29 is 18.3 Å². The fraction of sp³-hybridized carbons (Fsp3) is 0.0526. The van der Waals surface area contributed by atoms with Crippen LogP contribution in [0.25, 0.3) is 0 Å². The summed E-state index contributed by atoms with van der Waals surface area (Å²) in [4.78, 5) is 16.0. The number of hydrogen-bond acceptors (Lipinski definition) is 3. The monoisotopic (exact) mass is 340 g/mol. The van der Waals surface area contributed by atoms with Crippen LogP contribution >= 0.6 is 0 Å². The third kappa shape index (κ3) is 4.38. The van der Waals surface area contributed by atoms with Gasteiger partial charge in [-0.3, -0.25) is 9.78 Å². The fourth-order valence-corrected chi connectivity index (χ4v) is 2.19. The highest BCUT2D eigenvalue weighted by molar-refractivity contribution is 6.04. The van der Waals surface area contributed by atoms with Crippen molar-refractivity contribution in [2.45, 2.75) is 6.61 Å². The lowest BCUT2D eigenvalue weighted by Crippen LogP contribution is -2.12. The maximum atomic E-state index is 13.9. The molecule has 3 rings (SSSR count). The molecule has 25 heavy (non-hydrogen) atoms. The highest BCUT2D eigenvalue weighted by Gasteiger charge is 2.10. The van der Waals surface area contributed by atoms with Crippen LogP contribution in [-0.4, -0.2) is 10.9 Å². The number of rotatable bonds is 5. The number of halogens is 2. The van der Waals surface area contributed by atoms with E-state index in [1.807, 2.05) is 0 Å². The number of aromatic nitrogens is 1. The quantitative estimate of drug-likeness (QED) is 0.758. The fourth-order valence-electron chi connectivity index (χ4n) is 2.19. The highest BCUT2D eigenvalue weighted by Crippen LogP contribution is 2.18. The molecule has 1 aromatic heterocycles. The number of pyridine rings is 1. The standard InChI is InChI=1S/C19H14F2N2O2/c20-15-4-1-3-13(9-15)19(24)23-16-6-7-18(21)14(10-16)12-25-17-5-2-8-22-11-17/h1-11H,12H2,(H,23,24). The zero-order valence-corrected chi connectivity index (χ0v) is 13.1. The van der Waals surface area contributed by atoms with Crippen molar-refractivity contribution in [1.82, 2.24) is 4.98 Å². The summed E-state index contributed by atoms with van der Waals surface area (Å²) in [7, 11) is 0. The Morgan fingerprint density at radius 2 is 1.96 bits per heavy atom. The van der Waals surface area contributed by atoms with Crippen LogP contribution < -0.4 is 10.1 Å². The summed E-state index contributed by atoms with van der Waals surface area (Å²) >= 11 is 0. The van der Waals surface area contributed by atoms with E-state index in [1.165, 1.54) is 42.6 Å². The molecule has 0 radical (unpaired) electrons. The van der Waals surface area contributed by atoms with Gasteiger partial charge in [-0.1, -0.05) is 6.07 Å². The van der Waals surface area contributed by atoms with Gasteiger partial charge in [-0.25, -0.2) is 8.78 Å². The minimum Gasteiger partial charge on any atom is -0.487 e. The Morgan fingerprint density at radius 1 is 1.08 bits per heavy atom. The van der Waals surface area contributed by atoms with E-state index >= 15 is 0 Å². The lowest BCUT2D eigenvalue weighted by atomic mass is 10.1. The number of anilines is 1. The van der Waals surface area contributed by atoms with Crippen LogP contribution in [-0.2, 0) is 6.61 Å². The van der Waals surface area contributed by atoms with Gasteiger partial charge in [-0.05, 0) is 48.5 Å². The van der Waals surface area contributed by atoms with Crippen LogP contribution in [0.2, 0.25) is 0 Å². The van der Waals surface area contributed by atoms with E-state index in [-0.39, 0.29) is 17.7 Å². The van der Waals surface area contributed by atoms with Crippen molar-refractivity contribution in [3.05, 3.63) is 89.8 Å². The predicted octanol–water partition coefficient (Wildman–Crippen LogP) is 4.19. The average Bonchev–Trinajstić information content (AvgIpc) is 2.63. The van der Waals surface area contributed by atoms with Crippen LogP contribution in [0.5, 0.6) is 5.75 Å². The molecule has 0 aliphatic heterocycles. The minimum atomic E-state index is -0.502. The van der Waals surface area contributed by atoms with E-state index in [0.29, 0.717) is 11.4 Å². The first-order chi connectivity index (χ1) is 12.1. The summed E-state index contributed by atoms with van der Waals surface area (Å²) in [5, 5.41) is 2.61. The highest BCUT2D eigenvalue weighted by atomic mass is 19.1. The molecule has 0 spiro atoms. The maximum Gasteiger partial charge on any atom is 0.255 e. The third-order valence-electron chi connectivity index (χ3n) is 3.42. The smallest absolute Gasteiger partial charge is 0.255 e. The molecule has 0 unspecified atom stereocenters. The van der Waals surface area contributed by atoms with Gasteiger partial charge in [-0.15, -0.1) is 0 Å². The van der Waals surface area contributed by atoms with Crippen molar-refractivity contribution >= 4 is 11.6 Å². The van der Waals surface area contributed by atoms with Crippen LogP contribution in [0, 0.1) is 11.6 Å². The SMILES string of the molecule is O=C(Nc1ccc(F)c(COc2cccnc2)c1)c1cccc(F)c1. The van der Waals surface area contributed by atoms with Gasteiger partial charge in [0.1, 0.15) is 24.0 Å². The first-order valence-electron chi connectivity index (χ1n) is 7.50. The van der Waals surface area contributed by atoms with E-state index in [1.54, 1.807) is 18.3 Å². The van der Waals surface area contributed by atoms with Crippen molar-refractivity contribution in [1.29, 1.82) is 0 Å². The van der Waals surface area contributed by atoms with Crippen LogP contribution in [0.4, 0.5) is 14.5 Å². The first-order valence-corrected chi connectivity index (χ1v) is 7.50. The summed E-state index contributed by atoms with van der Waals surface area (Å²) < 4.78 is 32.6. The summed E-state index contributed by atoms with van der Waals surface area (Å²) in [5.41, 5.74) is 0.846. The van der Waals surface area contributed by atoms with Gasteiger partial charge >= 0.3 is 0 Å². The first kappa shape index (κ1) is 16.6. The number of carbonyl (C=O) groups is 1. The summed E-state index contributed by atoms with van der Waals surface area (Å²) in [6.45, 7) is -0.0127. The molecule has 0 aliphatic carbocycles. The van der Waals surface area contributed by atoms with Crippen LogP contribution in [0.1, 0.15) is 15.9 Å². The largest absolute Gasteiger partial charge is 0.487 e. The van der Waals surface area contributed by atoms with Crippen molar-refractivity contribution in [2.24, 2.45) is 0 Å². The molecule has 3 aromatic rings. The van der Waals surface area contributed by atoms with Gasteiger partial charge in [0.2, 0.25) is 0 Å². The molecule has 1 amide bonds. The number of benzene rings is 2. The Hall–Kier alpha value is -3.28. The maximum absolute atomic E-state index is 13.9. The molecule has 0 aliphatic rings.